The molecule has 1 saturated heterocycles. The van der Waals surface area contributed by atoms with Crippen LogP contribution in [0.5, 0.6) is 0 Å². The van der Waals surface area contributed by atoms with Crippen LogP contribution in [0.3, 0.4) is 0 Å². The molecule has 7 nitrogen and oxygen atoms in total. The lowest BCUT2D eigenvalue weighted by molar-refractivity contribution is -0.128. The van der Waals surface area contributed by atoms with E-state index in [-0.39, 0.29) is 23.7 Å². The molecule has 0 spiro atoms. The van der Waals surface area contributed by atoms with Gasteiger partial charge in [-0.2, -0.15) is 0 Å². The predicted octanol–water partition coefficient (Wildman–Crippen LogP) is 3.49. The Bertz CT molecular complexity index is 987. The van der Waals surface area contributed by atoms with Gasteiger partial charge in [-0.25, -0.2) is 4.99 Å². The van der Waals surface area contributed by atoms with Gasteiger partial charge in [-0.1, -0.05) is 30.2 Å². The number of unbranched alkanes of at least 4 members (excludes halogenated alkanes) is 2. The maximum absolute atomic E-state index is 12.9. The summed E-state index contributed by atoms with van der Waals surface area (Å²) in [5, 5.41) is 3.84. The number of hydrogen-bond donors (Lipinski definition) is 1. The molecule has 1 fully saturated rings. The minimum Gasteiger partial charge on any atom is -0.454 e. The average Bonchev–Trinajstić information content (AvgIpc) is 3.21. The van der Waals surface area contributed by atoms with Crippen LogP contribution in [0.4, 0.5) is 0 Å². The lowest BCUT2D eigenvalue weighted by Gasteiger charge is -2.30. The minimum atomic E-state index is -0.495. The van der Waals surface area contributed by atoms with Crippen molar-refractivity contribution < 1.29 is 19.1 Å². The molecule has 0 bridgehead atoms. The molecule has 1 N–H and O–H groups in total. The monoisotopic (exact) mass is 459 g/mol. The number of aliphatic imine (C=N–C) groups is 1. The molecule has 1 aliphatic carbocycles. The zero-order valence-corrected chi connectivity index (χ0v) is 18.4. The first-order valence-corrected chi connectivity index (χ1v) is 10.9. The molecule has 31 heavy (non-hydrogen) atoms. The number of amides is 2. The van der Waals surface area contributed by atoms with E-state index >= 15 is 0 Å². The Labute approximate surface area is 190 Å². The molecule has 9 heteroatoms. The van der Waals surface area contributed by atoms with Gasteiger partial charge in [-0.3, -0.25) is 14.5 Å². The Morgan fingerprint density at radius 3 is 2.77 bits per heavy atom. The van der Waals surface area contributed by atoms with Crippen LogP contribution in [0.25, 0.3) is 0 Å². The van der Waals surface area contributed by atoms with Crippen molar-refractivity contribution in [2.24, 2.45) is 10.9 Å². The Morgan fingerprint density at radius 1 is 1.19 bits per heavy atom. The second-order valence-electron chi connectivity index (χ2n) is 7.45. The van der Waals surface area contributed by atoms with Gasteiger partial charge in [0.15, 0.2) is 11.5 Å². The second-order valence-corrected chi connectivity index (χ2v) is 8.25. The van der Waals surface area contributed by atoms with Gasteiger partial charge in [0.2, 0.25) is 23.7 Å². The Hall–Kier alpha value is -2.71. The number of thiocarbonyl (C=S) groups is 1. The maximum atomic E-state index is 12.9. The number of allylic oxidation sites excluding steroid dienone is 1. The summed E-state index contributed by atoms with van der Waals surface area (Å²) in [6, 6.07) is 7.38. The van der Waals surface area contributed by atoms with Crippen molar-refractivity contribution in [2.75, 3.05) is 13.3 Å². The highest BCUT2D eigenvalue weighted by Crippen LogP contribution is 2.31. The van der Waals surface area contributed by atoms with Crippen molar-refractivity contribution in [2.45, 2.75) is 32.2 Å². The molecule has 1 atom stereocenters. The lowest BCUT2D eigenvalue weighted by Crippen LogP contribution is -2.46. The number of benzene rings is 1. The van der Waals surface area contributed by atoms with Crippen LogP contribution in [0.2, 0.25) is 5.02 Å². The number of halogens is 1. The number of carbonyl (C=O) groups is 2. The van der Waals surface area contributed by atoms with Gasteiger partial charge in [-0.15, -0.1) is 0 Å². The third-order valence-electron chi connectivity index (χ3n) is 5.26. The predicted molar refractivity (Wildman–Crippen MR) is 120 cm³/mol. The van der Waals surface area contributed by atoms with Crippen LogP contribution < -0.4 is 5.32 Å². The fourth-order valence-corrected chi connectivity index (χ4v) is 3.98. The fourth-order valence-electron chi connectivity index (χ4n) is 3.56. The second kappa shape index (κ2) is 9.62. The van der Waals surface area contributed by atoms with E-state index in [0.29, 0.717) is 41.8 Å². The number of nitrogens with one attached hydrogen (secondary N) is 1. The first-order valence-electron chi connectivity index (χ1n) is 10.2. The van der Waals surface area contributed by atoms with Crippen molar-refractivity contribution in [3.8, 4) is 0 Å². The van der Waals surface area contributed by atoms with Gasteiger partial charge in [0, 0.05) is 30.6 Å². The van der Waals surface area contributed by atoms with E-state index in [1.807, 2.05) is 12.1 Å². The number of rotatable bonds is 8. The summed E-state index contributed by atoms with van der Waals surface area (Å²) in [6.45, 7) is 1.11. The van der Waals surface area contributed by atoms with Crippen LogP contribution in [-0.2, 0) is 25.6 Å². The molecular weight excluding hydrogens is 438 g/mol. The number of ether oxygens (including phenoxy) is 2. The molecule has 1 aromatic rings. The summed E-state index contributed by atoms with van der Waals surface area (Å²) in [5.74, 6) is 0.576. The molecule has 0 aromatic heterocycles. The van der Waals surface area contributed by atoms with E-state index in [1.165, 1.54) is 4.90 Å². The van der Waals surface area contributed by atoms with Gasteiger partial charge in [0.05, 0.1) is 5.71 Å². The SMILES string of the molecule is O=C(CCCCCN1C(=O)C2C=C3OCOC3=CC2=NC1=S)NCc1ccc(Cl)cc1. The van der Waals surface area contributed by atoms with E-state index in [0.717, 1.165) is 24.8 Å². The molecule has 2 aliphatic heterocycles. The summed E-state index contributed by atoms with van der Waals surface area (Å²) in [5.41, 5.74) is 1.59. The highest BCUT2D eigenvalue weighted by Gasteiger charge is 2.38. The van der Waals surface area contributed by atoms with Crippen LogP contribution >= 0.6 is 23.8 Å². The zero-order valence-electron chi connectivity index (χ0n) is 16.8. The molecule has 3 aliphatic rings. The van der Waals surface area contributed by atoms with Crippen LogP contribution in [0.15, 0.2) is 52.9 Å². The zero-order chi connectivity index (χ0) is 21.8. The Morgan fingerprint density at radius 2 is 1.97 bits per heavy atom. The number of hydrogen-bond acceptors (Lipinski definition) is 5. The molecule has 0 saturated carbocycles. The minimum absolute atomic E-state index is 0.00367. The van der Waals surface area contributed by atoms with Gasteiger partial charge in [0.25, 0.3) is 0 Å². The summed E-state index contributed by atoms with van der Waals surface area (Å²) in [7, 11) is 0. The van der Waals surface area contributed by atoms with Crippen molar-refractivity contribution >= 4 is 46.5 Å². The molecule has 4 rings (SSSR count). The molecule has 2 amide bonds. The summed E-state index contributed by atoms with van der Waals surface area (Å²) in [6.07, 6.45) is 6.18. The molecule has 1 unspecified atom stereocenters. The maximum Gasteiger partial charge on any atom is 0.241 e. The van der Waals surface area contributed by atoms with Gasteiger partial charge in [0.1, 0.15) is 5.92 Å². The van der Waals surface area contributed by atoms with Gasteiger partial charge >= 0.3 is 0 Å². The van der Waals surface area contributed by atoms with Crippen molar-refractivity contribution in [3.63, 3.8) is 0 Å². The topological polar surface area (TPSA) is 80.2 Å². The van der Waals surface area contributed by atoms with E-state index in [2.05, 4.69) is 10.3 Å². The quantitative estimate of drug-likeness (QED) is 0.475. The summed E-state index contributed by atoms with van der Waals surface area (Å²) >= 11 is 11.2. The number of carbonyl (C=O) groups excluding carboxylic acids is 2. The van der Waals surface area contributed by atoms with E-state index in [4.69, 9.17) is 33.3 Å². The highest BCUT2D eigenvalue weighted by molar-refractivity contribution is 7.80. The van der Waals surface area contributed by atoms with Crippen LogP contribution in [0, 0.1) is 5.92 Å². The van der Waals surface area contributed by atoms with Crippen LogP contribution in [0.1, 0.15) is 31.2 Å². The van der Waals surface area contributed by atoms with Crippen molar-refractivity contribution in [1.29, 1.82) is 0 Å². The molecule has 162 valence electrons. The first-order chi connectivity index (χ1) is 15.0. The normalized spacial score (nSPS) is 19.5. The number of nitrogens with zero attached hydrogens (tertiary/aromatic N) is 2. The largest absolute Gasteiger partial charge is 0.454 e. The van der Waals surface area contributed by atoms with Crippen molar-refractivity contribution in [3.05, 3.63) is 58.5 Å². The van der Waals surface area contributed by atoms with E-state index in [9.17, 15) is 9.59 Å². The van der Waals surface area contributed by atoms with Crippen molar-refractivity contribution in [1.82, 2.24) is 10.2 Å². The molecule has 1 aromatic carbocycles. The van der Waals surface area contributed by atoms with E-state index in [1.54, 1.807) is 24.3 Å². The smallest absolute Gasteiger partial charge is 0.241 e. The molecule has 0 radical (unpaired) electrons. The fraction of sp³-hybridized carbons (Fsp3) is 0.364. The van der Waals surface area contributed by atoms with E-state index < -0.39 is 5.92 Å². The molecule has 2 heterocycles. The van der Waals surface area contributed by atoms with Gasteiger partial charge in [-0.05, 0) is 48.8 Å². The third kappa shape index (κ3) is 5.14. The summed E-state index contributed by atoms with van der Waals surface area (Å²) in [4.78, 5) is 30.9. The van der Waals surface area contributed by atoms with Gasteiger partial charge < -0.3 is 14.8 Å². The average molecular weight is 460 g/mol. The lowest BCUT2D eigenvalue weighted by atomic mass is 9.93. The first kappa shape index (κ1) is 21.5. The highest BCUT2D eigenvalue weighted by atomic mass is 35.5. The standard InChI is InChI=1S/C22H22ClN3O4S/c23-15-7-5-14(6-8-15)12-24-20(27)4-2-1-3-9-26-21(28)16-10-18-19(30-13-29-18)11-17(16)25-22(26)31/h5-8,10-11,16H,1-4,9,12-13H2,(H,24,27). The third-order valence-corrected chi connectivity index (χ3v) is 5.83. The Balaban J connectivity index is 1.19. The number of fused-ring (bicyclic) bond motifs is 2. The van der Waals surface area contributed by atoms with Crippen LogP contribution in [-0.4, -0.2) is 40.9 Å². The Kier molecular flexibility index (Phi) is 6.67. The molecular formula is C22H22ClN3O4S. The summed E-state index contributed by atoms with van der Waals surface area (Å²) < 4.78 is 10.7.